The Balaban J connectivity index is 2.94. The fourth-order valence-electron chi connectivity index (χ4n) is 2.17. The van der Waals surface area contributed by atoms with E-state index in [1.807, 2.05) is 0 Å². The maximum atomic E-state index is 11.0. The molecule has 20 heavy (non-hydrogen) atoms. The van der Waals surface area contributed by atoms with E-state index in [4.69, 9.17) is 9.53 Å². The van der Waals surface area contributed by atoms with Crippen molar-refractivity contribution >= 4 is 14.3 Å². The van der Waals surface area contributed by atoms with Gasteiger partial charge in [0.1, 0.15) is 5.76 Å². The number of carbonyl (C=O) groups is 1. The molecule has 0 saturated carbocycles. The monoisotopic (exact) mass is 296 g/mol. The van der Waals surface area contributed by atoms with Crippen molar-refractivity contribution in [1.82, 2.24) is 0 Å². The Morgan fingerprint density at radius 3 is 2.50 bits per heavy atom. The van der Waals surface area contributed by atoms with Gasteiger partial charge in [0, 0.05) is 0 Å². The van der Waals surface area contributed by atoms with Gasteiger partial charge in [-0.1, -0.05) is 34.3 Å². The van der Waals surface area contributed by atoms with Gasteiger partial charge in [-0.25, -0.2) is 0 Å². The molecule has 0 bridgehead atoms. The first-order valence-corrected chi connectivity index (χ1v) is 10.2. The number of allylic oxidation sites excluding steroid dienone is 2. The highest BCUT2D eigenvalue weighted by Crippen LogP contribution is 2.42. The zero-order valence-corrected chi connectivity index (χ0v) is 14.6. The Bertz CT molecular complexity index is 429. The predicted octanol–water partition coefficient (Wildman–Crippen LogP) is 4.58. The highest BCUT2D eigenvalue weighted by Gasteiger charge is 2.41. The largest absolute Gasteiger partial charge is 0.544 e. The van der Waals surface area contributed by atoms with Crippen molar-refractivity contribution < 1.29 is 14.3 Å². The topological polar surface area (TPSA) is 46.5 Å². The third-order valence-electron chi connectivity index (χ3n) is 4.49. The molecule has 0 unspecified atom stereocenters. The van der Waals surface area contributed by atoms with Crippen LogP contribution < -0.4 is 0 Å². The molecule has 1 rings (SSSR count). The van der Waals surface area contributed by atoms with Crippen molar-refractivity contribution in [1.29, 1.82) is 0 Å². The molecule has 1 N–H and O–H groups in total. The first kappa shape index (κ1) is 17.0. The maximum Gasteiger partial charge on any atom is 0.303 e. The molecule has 0 radical (unpaired) electrons. The molecule has 0 fully saturated rings. The summed E-state index contributed by atoms with van der Waals surface area (Å²) in [5, 5.41) is 9.15. The zero-order chi connectivity index (χ0) is 15.7. The van der Waals surface area contributed by atoms with Crippen molar-refractivity contribution in [2.45, 2.75) is 58.7 Å². The number of hydrogen-bond acceptors (Lipinski definition) is 2. The van der Waals surface area contributed by atoms with Crippen LogP contribution in [0.25, 0.3) is 0 Å². The first-order valence-electron chi connectivity index (χ1n) is 7.26. The highest BCUT2D eigenvalue weighted by molar-refractivity contribution is 6.74. The van der Waals surface area contributed by atoms with Gasteiger partial charge in [0.15, 0.2) is 0 Å². The molecule has 0 spiro atoms. The molecule has 4 heteroatoms. The predicted molar refractivity (Wildman–Crippen MR) is 85.0 cm³/mol. The van der Waals surface area contributed by atoms with Crippen LogP contribution in [0.4, 0.5) is 0 Å². The minimum absolute atomic E-state index is 0.00716. The summed E-state index contributed by atoms with van der Waals surface area (Å²) in [6, 6.07) is 0. The quantitative estimate of drug-likeness (QED) is 0.772. The molecule has 0 aromatic rings. The average Bonchev–Trinajstić information content (AvgIpc) is 2.21. The molecule has 0 aromatic carbocycles. The summed E-state index contributed by atoms with van der Waals surface area (Å²) < 4.78 is 6.35. The summed E-state index contributed by atoms with van der Waals surface area (Å²) in [7, 11) is -1.91. The molecule has 2 atom stereocenters. The number of hydrogen-bond donors (Lipinski definition) is 1. The highest BCUT2D eigenvalue weighted by atomic mass is 28.4. The zero-order valence-electron chi connectivity index (χ0n) is 13.6. The lowest BCUT2D eigenvalue weighted by molar-refractivity contribution is -0.137. The third kappa shape index (κ3) is 3.98. The summed E-state index contributed by atoms with van der Waals surface area (Å²) in [6.45, 7) is 17.2. The van der Waals surface area contributed by atoms with E-state index in [-0.39, 0.29) is 17.4 Å². The van der Waals surface area contributed by atoms with E-state index < -0.39 is 14.3 Å². The van der Waals surface area contributed by atoms with Gasteiger partial charge >= 0.3 is 5.97 Å². The number of carboxylic acids is 1. The molecule has 3 nitrogen and oxygen atoms in total. The average molecular weight is 296 g/mol. The SMILES string of the molecule is C=C1C(O[Si](C)(C)C(C)(C)C)=C[C@H](C)C[C@H]1CC(=O)O. The van der Waals surface area contributed by atoms with Crippen LogP contribution in [0.5, 0.6) is 0 Å². The van der Waals surface area contributed by atoms with Gasteiger partial charge in [-0.2, -0.15) is 0 Å². The van der Waals surface area contributed by atoms with E-state index in [2.05, 4.69) is 53.4 Å². The lowest BCUT2D eigenvalue weighted by Crippen LogP contribution is -2.41. The summed E-state index contributed by atoms with van der Waals surface area (Å²) in [6.07, 6.45) is 3.10. The second-order valence-corrected chi connectivity index (χ2v) is 12.2. The Kier molecular flexibility index (Phi) is 4.90. The smallest absolute Gasteiger partial charge is 0.303 e. The molecule has 114 valence electrons. The molecule has 1 aliphatic rings. The molecular weight excluding hydrogens is 268 g/mol. The summed E-state index contributed by atoms with van der Waals surface area (Å²) in [4.78, 5) is 11.0. The third-order valence-corrected chi connectivity index (χ3v) is 8.84. The summed E-state index contributed by atoms with van der Waals surface area (Å²) in [5.74, 6) is 0.399. The van der Waals surface area contributed by atoms with Crippen LogP contribution >= 0.6 is 0 Å². The Hall–Kier alpha value is -1.03. The molecule has 0 saturated heterocycles. The van der Waals surface area contributed by atoms with Gasteiger partial charge in [-0.15, -0.1) is 0 Å². The minimum Gasteiger partial charge on any atom is -0.544 e. The van der Waals surface area contributed by atoms with E-state index >= 15 is 0 Å². The molecule has 1 aliphatic carbocycles. The number of aliphatic carboxylic acids is 1. The van der Waals surface area contributed by atoms with Gasteiger partial charge < -0.3 is 9.53 Å². The van der Waals surface area contributed by atoms with Crippen LogP contribution in [0.1, 0.15) is 40.5 Å². The Morgan fingerprint density at radius 2 is 2.05 bits per heavy atom. The lowest BCUT2D eigenvalue weighted by Gasteiger charge is -2.40. The lowest BCUT2D eigenvalue weighted by atomic mass is 9.81. The van der Waals surface area contributed by atoms with Crippen molar-refractivity contribution in [3.63, 3.8) is 0 Å². The molecule has 0 amide bonds. The van der Waals surface area contributed by atoms with Crippen molar-refractivity contribution in [2.75, 3.05) is 0 Å². The maximum absolute atomic E-state index is 11.0. The van der Waals surface area contributed by atoms with Crippen LogP contribution in [0, 0.1) is 11.8 Å². The van der Waals surface area contributed by atoms with E-state index in [1.54, 1.807) is 0 Å². The van der Waals surface area contributed by atoms with E-state index in [9.17, 15) is 4.79 Å². The fraction of sp³-hybridized carbons (Fsp3) is 0.688. The van der Waals surface area contributed by atoms with Crippen molar-refractivity contribution in [3.05, 3.63) is 24.0 Å². The van der Waals surface area contributed by atoms with Crippen LogP contribution in [0.15, 0.2) is 24.0 Å². The van der Waals surface area contributed by atoms with Gasteiger partial charge in [-0.3, -0.25) is 4.79 Å². The van der Waals surface area contributed by atoms with Gasteiger partial charge in [0.25, 0.3) is 0 Å². The molecule has 0 heterocycles. The van der Waals surface area contributed by atoms with Crippen molar-refractivity contribution in [2.24, 2.45) is 11.8 Å². The Labute approximate surface area is 123 Å². The van der Waals surface area contributed by atoms with Gasteiger partial charge in [0.2, 0.25) is 8.32 Å². The second-order valence-electron chi connectivity index (χ2n) is 7.43. The second kappa shape index (κ2) is 5.76. The fourth-order valence-corrected chi connectivity index (χ4v) is 3.23. The van der Waals surface area contributed by atoms with Crippen LogP contribution in [0.2, 0.25) is 18.1 Å². The van der Waals surface area contributed by atoms with E-state index in [0.29, 0.717) is 5.92 Å². The standard InChI is InChI=1S/C16H28O3Si/c1-11-8-13(10-15(17)18)12(2)14(9-11)19-20(6,7)16(3,4)5/h9,11,13H,2,8,10H2,1,3-7H3,(H,17,18)/t11-,13+/m1/s1. The number of rotatable bonds is 4. The molecule has 0 aliphatic heterocycles. The van der Waals surface area contributed by atoms with E-state index in [0.717, 1.165) is 17.8 Å². The van der Waals surface area contributed by atoms with Crippen LogP contribution in [-0.4, -0.2) is 19.4 Å². The van der Waals surface area contributed by atoms with Gasteiger partial charge in [0.05, 0.1) is 6.42 Å². The minimum atomic E-state index is -1.91. The van der Waals surface area contributed by atoms with Crippen LogP contribution in [-0.2, 0) is 9.22 Å². The normalized spacial score (nSPS) is 24.3. The summed E-state index contributed by atoms with van der Waals surface area (Å²) >= 11 is 0. The molecular formula is C16H28O3Si. The first-order chi connectivity index (χ1) is 8.94. The van der Waals surface area contributed by atoms with E-state index in [1.165, 1.54) is 0 Å². The van der Waals surface area contributed by atoms with Gasteiger partial charge in [-0.05, 0) is 48.0 Å². The summed E-state index contributed by atoms with van der Waals surface area (Å²) in [5.41, 5.74) is 0.857. The Morgan fingerprint density at radius 1 is 1.50 bits per heavy atom. The number of carboxylic acid groups (broad SMARTS) is 1. The van der Waals surface area contributed by atoms with Crippen molar-refractivity contribution in [3.8, 4) is 0 Å². The van der Waals surface area contributed by atoms with Crippen LogP contribution in [0.3, 0.4) is 0 Å². The molecule has 0 aromatic heterocycles.